The van der Waals surface area contributed by atoms with Gasteiger partial charge < -0.3 is 19.4 Å². The predicted molar refractivity (Wildman–Crippen MR) is 95.9 cm³/mol. The molecular weight excluding hydrogens is 348 g/mol. The molecule has 4 heterocycles. The topological polar surface area (TPSA) is 100 Å². The van der Waals surface area contributed by atoms with Crippen LogP contribution in [0, 0.1) is 5.92 Å². The van der Waals surface area contributed by atoms with Crippen LogP contribution in [0.25, 0.3) is 0 Å². The fourth-order valence-electron chi connectivity index (χ4n) is 3.73. The van der Waals surface area contributed by atoms with E-state index in [0.717, 1.165) is 38.0 Å². The molecule has 2 saturated heterocycles. The number of nitrogens with one attached hydrogen (secondary N) is 2. The van der Waals surface area contributed by atoms with Gasteiger partial charge in [-0.1, -0.05) is 0 Å². The van der Waals surface area contributed by atoms with Crippen molar-refractivity contribution >= 4 is 11.8 Å². The second-order valence-corrected chi connectivity index (χ2v) is 7.13. The van der Waals surface area contributed by atoms with Gasteiger partial charge in [-0.15, -0.1) is 0 Å². The van der Waals surface area contributed by atoms with Crippen molar-refractivity contribution in [1.29, 1.82) is 0 Å². The molecule has 2 fully saturated rings. The molecule has 0 radical (unpaired) electrons. The molecule has 2 aromatic rings. The van der Waals surface area contributed by atoms with Crippen LogP contribution in [0.4, 0.5) is 0 Å². The number of hydrogen-bond donors (Lipinski definition) is 2. The van der Waals surface area contributed by atoms with Crippen LogP contribution < -0.4 is 5.32 Å². The quantitative estimate of drug-likeness (QED) is 0.832. The van der Waals surface area contributed by atoms with Gasteiger partial charge in [-0.3, -0.25) is 14.7 Å². The molecule has 2 aromatic heterocycles. The van der Waals surface area contributed by atoms with Crippen LogP contribution in [0.2, 0.25) is 0 Å². The monoisotopic (exact) mass is 372 g/mol. The maximum atomic E-state index is 12.5. The van der Waals surface area contributed by atoms with Gasteiger partial charge in [-0.25, -0.2) is 0 Å². The highest BCUT2D eigenvalue weighted by Gasteiger charge is 2.31. The summed E-state index contributed by atoms with van der Waals surface area (Å²) in [6.45, 7) is 3.04. The lowest BCUT2D eigenvalue weighted by atomic mass is 9.92. The molecule has 8 heteroatoms. The van der Waals surface area contributed by atoms with Gasteiger partial charge >= 0.3 is 0 Å². The Kier molecular flexibility index (Phi) is 5.24. The second kappa shape index (κ2) is 7.96. The van der Waals surface area contributed by atoms with E-state index in [1.54, 1.807) is 12.3 Å². The number of furan rings is 1. The van der Waals surface area contributed by atoms with Gasteiger partial charge in [-0.05, 0) is 37.5 Å². The van der Waals surface area contributed by atoms with Gasteiger partial charge in [0.1, 0.15) is 11.5 Å². The van der Waals surface area contributed by atoms with Crippen molar-refractivity contribution < 1.29 is 18.7 Å². The zero-order chi connectivity index (χ0) is 18.6. The highest BCUT2D eigenvalue weighted by molar-refractivity contribution is 5.92. The first kappa shape index (κ1) is 17.8. The SMILES string of the molecule is O=C(NCc1ccco1)c1cc(C2CCN(C(=O)C3CCOC3)CC2)[nH]n1. The molecule has 2 aliphatic rings. The largest absolute Gasteiger partial charge is 0.467 e. The van der Waals surface area contributed by atoms with Gasteiger partial charge in [0.15, 0.2) is 0 Å². The van der Waals surface area contributed by atoms with Crippen LogP contribution in [-0.2, 0) is 16.1 Å². The number of amides is 2. The van der Waals surface area contributed by atoms with Gasteiger partial charge in [-0.2, -0.15) is 5.10 Å². The normalized spacial score (nSPS) is 20.7. The van der Waals surface area contributed by atoms with Crippen molar-refractivity contribution in [2.75, 3.05) is 26.3 Å². The Balaban J connectivity index is 1.28. The Morgan fingerprint density at radius 3 is 2.85 bits per heavy atom. The zero-order valence-electron chi connectivity index (χ0n) is 15.1. The van der Waals surface area contributed by atoms with Crippen LogP contribution in [0.15, 0.2) is 28.9 Å². The molecule has 2 amide bonds. The van der Waals surface area contributed by atoms with Crippen molar-refractivity contribution in [1.82, 2.24) is 20.4 Å². The van der Waals surface area contributed by atoms with E-state index in [0.29, 0.717) is 31.2 Å². The van der Waals surface area contributed by atoms with Gasteiger partial charge in [0, 0.05) is 31.3 Å². The number of H-pyrrole nitrogens is 1. The molecule has 0 bridgehead atoms. The van der Waals surface area contributed by atoms with E-state index in [4.69, 9.17) is 9.15 Å². The molecule has 0 spiro atoms. The fraction of sp³-hybridized carbons (Fsp3) is 0.526. The summed E-state index contributed by atoms with van der Waals surface area (Å²) in [6, 6.07) is 5.40. The van der Waals surface area contributed by atoms with Crippen molar-refractivity contribution in [2.24, 2.45) is 5.92 Å². The average Bonchev–Trinajstić information content (AvgIpc) is 3.48. The molecule has 144 valence electrons. The third kappa shape index (κ3) is 4.05. The summed E-state index contributed by atoms with van der Waals surface area (Å²) in [6.07, 6.45) is 4.14. The van der Waals surface area contributed by atoms with Gasteiger partial charge in [0.05, 0.1) is 25.3 Å². The summed E-state index contributed by atoms with van der Waals surface area (Å²) in [5, 5.41) is 9.93. The van der Waals surface area contributed by atoms with Gasteiger partial charge in [0.25, 0.3) is 5.91 Å². The van der Waals surface area contributed by atoms with E-state index in [1.807, 2.05) is 17.0 Å². The van der Waals surface area contributed by atoms with Gasteiger partial charge in [0.2, 0.25) is 5.91 Å². The van der Waals surface area contributed by atoms with E-state index >= 15 is 0 Å². The Hall–Kier alpha value is -2.61. The average molecular weight is 372 g/mol. The lowest BCUT2D eigenvalue weighted by Crippen LogP contribution is -2.41. The molecule has 2 N–H and O–H groups in total. The van der Waals surface area contributed by atoms with Crippen LogP contribution in [0.5, 0.6) is 0 Å². The van der Waals surface area contributed by atoms with Crippen molar-refractivity contribution in [3.05, 3.63) is 41.6 Å². The highest BCUT2D eigenvalue weighted by Crippen LogP contribution is 2.28. The van der Waals surface area contributed by atoms with Crippen LogP contribution in [0.3, 0.4) is 0 Å². The molecule has 2 aliphatic heterocycles. The van der Waals surface area contributed by atoms with Crippen LogP contribution >= 0.6 is 0 Å². The van der Waals surface area contributed by atoms with Crippen LogP contribution in [0.1, 0.15) is 47.1 Å². The summed E-state index contributed by atoms with van der Waals surface area (Å²) in [7, 11) is 0. The molecule has 1 atom stereocenters. The molecule has 27 heavy (non-hydrogen) atoms. The van der Waals surface area contributed by atoms with Crippen molar-refractivity contribution in [3.63, 3.8) is 0 Å². The van der Waals surface area contributed by atoms with Crippen molar-refractivity contribution in [2.45, 2.75) is 31.7 Å². The third-order valence-corrected chi connectivity index (χ3v) is 5.36. The number of piperidine rings is 1. The molecule has 0 saturated carbocycles. The van der Waals surface area contributed by atoms with E-state index in [-0.39, 0.29) is 23.7 Å². The summed E-state index contributed by atoms with van der Waals surface area (Å²) < 4.78 is 10.5. The minimum Gasteiger partial charge on any atom is -0.467 e. The number of nitrogens with zero attached hydrogens (tertiary/aromatic N) is 2. The summed E-state index contributed by atoms with van der Waals surface area (Å²) in [4.78, 5) is 26.6. The first-order valence-electron chi connectivity index (χ1n) is 9.43. The third-order valence-electron chi connectivity index (χ3n) is 5.36. The van der Waals surface area contributed by atoms with E-state index in [2.05, 4.69) is 15.5 Å². The highest BCUT2D eigenvalue weighted by atomic mass is 16.5. The maximum absolute atomic E-state index is 12.5. The first-order chi connectivity index (χ1) is 13.2. The Labute approximate surface area is 157 Å². The van der Waals surface area contributed by atoms with Crippen molar-refractivity contribution in [3.8, 4) is 0 Å². The molecule has 8 nitrogen and oxygen atoms in total. The number of aromatic amines is 1. The molecule has 0 aliphatic carbocycles. The Morgan fingerprint density at radius 2 is 2.15 bits per heavy atom. The number of carbonyl (C=O) groups excluding carboxylic acids is 2. The maximum Gasteiger partial charge on any atom is 0.272 e. The summed E-state index contributed by atoms with van der Waals surface area (Å²) in [5.74, 6) is 0.992. The summed E-state index contributed by atoms with van der Waals surface area (Å²) >= 11 is 0. The van der Waals surface area contributed by atoms with Crippen LogP contribution in [-0.4, -0.2) is 53.2 Å². The molecule has 1 unspecified atom stereocenters. The number of rotatable bonds is 5. The Bertz CT molecular complexity index is 771. The first-order valence-corrected chi connectivity index (χ1v) is 9.43. The lowest BCUT2D eigenvalue weighted by molar-refractivity contribution is -0.136. The molecule has 4 rings (SSSR count). The zero-order valence-corrected chi connectivity index (χ0v) is 15.1. The minimum atomic E-state index is -0.234. The minimum absolute atomic E-state index is 0.0261. The number of ether oxygens (including phenoxy) is 1. The molecule has 0 aromatic carbocycles. The lowest BCUT2D eigenvalue weighted by Gasteiger charge is -2.32. The smallest absolute Gasteiger partial charge is 0.272 e. The van der Waals surface area contributed by atoms with E-state index in [1.165, 1.54) is 0 Å². The fourth-order valence-corrected chi connectivity index (χ4v) is 3.73. The second-order valence-electron chi connectivity index (χ2n) is 7.13. The number of carbonyl (C=O) groups is 2. The number of aromatic nitrogens is 2. The van der Waals surface area contributed by atoms with E-state index in [9.17, 15) is 9.59 Å². The van der Waals surface area contributed by atoms with E-state index < -0.39 is 0 Å². The standard InChI is InChI=1S/C19H24N4O4/c24-18(20-11-15-2-1-8-27-15)17-10-16(21-22-17)13-3-6-23(7-4-13)19(25)14-5-9-26-12-14/h1-2,8,10,13-14H,3-7,9,11-12H2,(H,20,24)(H,21,22). The predicted octanol–water partition coefficient (Wildman–Crippen LogP) is 1.68. The number of hydrogen-bond acceptors (Lipinski definition) is 5. The number of likely N-dealkylation sites (tertiary alicyclic amines) is 1. The summed E-state index contributed by atoms with van der Waals surface area (Å²) in [5.41, 5.74) is 1.33. The molecular formula is C19H24N4O4. The Morgan fingerprint density at radius 1 is 1.30 bits per heavy atom.